The first-order valence-corrected chi connectivity index (χ1v) is 5.39. The maximum Gasteiger partial charge on any atom is 0.252 e. The van der Waals surface area contributed by atoms with Crippen molar-refractivity contribution < 1.29 is 9.47 Å². The highest BCUT2D eigenvalue weighted by Crippen LogP contribution is 2.19. The summed E-state index contributed by atoms with van der Waals surface area (Å²) in [5.41, 5.74) is 1.01. The molecular weight excluding hydrogens is 240 g/mol. The van der Waals surface area contributed by atoms with Crippen LogP contribution in [-0.4, -0.2) is 17.1 Å². The Balaban J connectivity index is 2.00. The van der Waals surface area contributed by atoms with Gasteiger partial charge in [-0.1, -0.05) is 23.7 Å². The molecule has 0 fully saturated rings. The SMILES string of the molecule is COc1ccc(COc2nccnc2Cl)cc1. The van der Waals surface area contributed by atoms with Gasteiger partial charge in [0.15, 0.2) is 5.15 Å². The number of ether oxygens (including phenoxy) is 2. The van der Waals surface area contributed by atoms with Gasteiger partial charge in [-0.25, -0.2) is 9.97 Å². The van der Waals surface area contributed by atoms with E-state index in [1.807, 2.05) is 24.3 Å². The highest BCUT2D eigenvalue weighted by molar-refractivity contribution is 6.30. The largest absolute Gasteiger partial charge is 0.497 e. The van der Waals surface area contributed by atoms with Crippen molar-refractivity contribution in [3.63, 3.8) is 0 Å². The number of aromatic nitrogens is 2. The standard InChI is InChI=1S/C12H11ClN2O2/c1-16-10-4-2-9(3-5-10)8-17-12-11(13)14-6-7-15-12/h2-7H,8H2,1H3. The Morgan fingerprint density at radius 3 is 2.47 bits per heavy atom. The van der Waals surface area contributed by atoms with Gasteiger partial charge in [0.25, 0.3) is 5.88 Å². The molecule has 0 spiro atoms. The molecule has 1 heterocycles. The van der Waals surface area contributed by atoms with Gasteiger partial charge in [0, 0.05) is 12.4 Å². The second-order valence-corrected chi connectivity index (χ2v) is 3.65. The number of halogens is 1. The summed E-state index contributed by atoms with van der Waals surface area (Å²) in [6, 6.07) is 7.58. The molecule has 1 aromatic heterocycles. The van der Waals surface area contributed by atoms with E-state index in [1.54, 1.807) is 7.11 Å². The molecule has 17 heavy (non-hydrogen) atoms. The fourth-order valence-electron chi connectivity index (χ4n) is 1.28. The molecular formula is C12H11ClN2O2. The first-order valence-electron chi connectivity index (χ1n) is 5.02. The van der Waals surface area contributed by atoms with Gasteiger partial charge < -0.3 is 9.47 Å². The molecule has 4 nitrogen and oxygen atoms in total. The number of methoxy groups -OCH3 is 1. The van der Waals surface area contributed by atoms with E-state index >= 15 is 0 Å². The average Bonchev–Trinajstić information content (AvgIpc) is 2.38. The van der Waals surface area contributed by atoms with Crippen LogP contribution >= 0.6 is 11.6 Å². The number of rotatable bonds is 4. The summed E-state index contributed by atoms with van der Waals surface area (Å²) < 4.78 is 10.5. The lowest BCUT2D eigenvalue weighted by Gasteiger charge is -2.06. The number of benzene rings is 1. The maximum absolute atomic E-state index is 5.82. The van der Waals surface area contributed by atoms with Gasteiger partial charge in [0.05, 0.1) is 7.11 Å². The predicted octanol–water partition coefficient (Wildman–Crippen LogP) is 2.72. The van der Waals surface area contributed by atoms with E-state index in [1.165, 1.54) is 12.4 Å². The molecule has 0 aliphatic carbocycles. The Bertz CT molecular complexity index is 488. The molecule has 0 amide bonds. The van der Waals surface area contributed by atoms with Gasteiger partial charge in [-0.15, -0.1) is 0 Å². The van der Waals surface area contributed by atoms with E-state index in [-0.39, 0.29) is 5.15 Å². The van der Waals surface area contributed by atoms with Crippen molar-refractivity contribution >= 4 is 11.6 Å². The third-order valence-corrected chi connectivity index (χ3v) is 2.42. The van der Waals surface area contributed by atoms with Gasteiger partial charge in [-0.3, -0.25) is 0 Å². The highest BCUT2D eigenvalue weighted by atomic mass is 35.5. The van der Waals surface area contributed by atoms with Crippen LogP contribution in [0.5, 0.6) is 11.6 Å². The normalized spacial score (nSPS) is 10.0. The summed E-state index contributed by atoms with van der Waals surface area (Å²) in [4.78, 5) is 7.86. The summed E-state index contributed by atoms with van der Waals surface area (Å²) in [5, 5.41) is 0.265. The molecule has 0 atom stereocenters. The van der Waals surface area contributed by atoms with Crippen LogP contribution in [0.4, 0.5) is 0 Å². The predicted molar refractivity (Wildman–Crippen MR) is 64.4 cm³/mol. The Hall–Kier alpha value is -1.81. The molecule has 0 saturated carbocycles. The molecule has 2 aromatic rings. The quantitative estimate of drug-likeness (QED) is 0.837. The molecule has 88 valence electrons. The van der Waals surface area contributed by atoms with E-state index in [9.17, 15) is 0 Å². The number of hydrogen-bond donors (Lipinski definition) is 0. The van der Waals surface area contributed by atoms with Gasteiger partial charge in [0.2, 0.25) is 0 Å². The summed E-state index contributed by atoms with van der Waals surface area (Å²) >= 11 is 5.82. The topological polar surface area (TPSA) is 44.2 Å². The molecule has 0 bridgehead atoms. The highest BCUT2D eigenvalue weighted by Gasteiger charge is 2.03. The Morgan fingerprint density at radius 1 is 1.12 bits per heavy atom. The zero-order valence-electron chi connectivity index (χ0n) is 9.26. The van der Waals surface area contributed by atoms with Crippen molar-refractivity contribution in [3.8, 4) is 11.6 Å². The van der Waals surface area contributed by atoms with Crippen LogP contribution in [-0.2, 0) is 6.61 Å². The van der Waals surface area contributed by atoms with Gasteiger partial charge in [0.1, 0.15) is 12.4 Å². The molecule has 0 aliphatic rings. The van der Waals surface area contributed by atoms with E-state index in [2.05, 4.69) is 9.97 Å². The van der Waals surface area contributed by atoms with E-state index < -0.39 is 0 Å². The summed E-state index contributed by atoms with van der Waals surface area (Å²) in [6.45, 7) is 0.391. The van der Waals surface area contributed by atoms with Crippen molar-refractivity contribution in [2.75, 3.05) is 7.11 Å². The molecule has 1 aromatic carbocycles. The Labute approximate surface area is 104 Å². The minimum Gasteiger partial charge on any atom is -0.497 e. The second-order valence-electron chi connectivity index (χ2n) is 3.29. The van der Waals surface area contributed by atoms with Crippen LogP contribution in [0.3, 0.4) is 0 Å². The smallest absolute Gasteiger partial charge is 0.252 e. The van der Waals surface area contributed by atoms with E-state index in [0.29, 0.717) is 12.5 Å². The number of nitrogens with zero attached hydrogens (tertiary/aromatic N) is 2. The molecule has 0 saturated heterocycles. The lowest BCUT2D eigenvalue weighted by molar-refractivity contribution is 0.292. The fraction of sp³-hybridized carbons (Fsp3) is 0.167. The maximum atomic E-state index is 5.82. The zero-order valence-corrected chi connectivity index (χ0v) is 10.0. The molecule has 0 aliphatic heterocycles. The van der Waals surface area contributed by atoms with Crippen LogP contribution in [0.25, 0.3) is 0 Å². The van der Waals surface area contributed by atoms with E-state index in [0.717, 1.165) is 11.3 Å². The Morgan fingerprint density at radius 2 is 1.82 bits per heavy atom. The van der Waals surface area contributed by atoms with Crippen molar-refractivity contribution in [2.24, 2.45) is 0 Å². The van der Waals surface area contributed by atoms with Crippen LogP contribution in [0.2, 0.25) is 5.15 Å². The van der Waals surface area contributed by atoms with Crippen molar-refractivity contribution in [3.05, 3.63) is 47.4 Å². The van der Waals surface area contributed by atoms with Crippen molar-refractivity contribution in [1.82, 2.24) is 9.97 Å². The van der Waals surface area contributed by atoms with Gasteiger partial charge >= 0.3 is 0 Å². The van der Waals surface area contributed by atoms with Crippen molar-refractivity contribution in [1.29, 1.82) is 0 Å². The van der Waals surface area contributed by atoms with Crippen LogP contribution < -0.4 is 9.47 Å². The fourth-order valence-corrected chi connectivity index (χ4v) is 1.44. The summed E-state index contributed by atoms with van der Waals surface area (Å²) in [7, 11) is 1.63. The lowest BCUT2D eigenvalue weighted by atomic mass is 10.2. The molecule has 0 unspecified atom stereocenters. The first kappa shape index (κ1) is 11.7. The lowest BCUT2D eigenvalue weighted by Crippen LogP contribution is -1.98. The first-order chi connectivity index (χ1) is 8.29. The number of hydrogen-bond acceptors (Lipinski definition) is 4. The third kappa shape index (κ3) is 3.07. The van der Waals surface area contributed by atoms with Crippen LogP contribution in [0.1, 0.15) is 5.56 Å². The van der Waals surface area contributed by atoms with Crippen LogP contribution in [0, 0.1) is 0 Å². The van der Waals surface area contributed by atoms with E-state index in [4.69, 9.17) is 21.1 Å². The minimum absolute atomic E-state index is 0.265. The average molecular weight is 251 g/mol. The van der Waals surface area contributed by atoms with Gasteiger partial charge in [-0.05, 0) is 17.7 Å². The van der Waals surface area contributed by atoms with Crippen molar-refractivity contribution in [2.45, 2.75) is 6.61 Å². The van der Waals surface area contributed by atoms with Crippen LogP contribution in [0.15, 0.2) is 36.7 Å². The molecule has 2 rings (SSSR count). The monoisotopic (exact) mass is 250 g/mol. The second kappa shape index (κ2) is 5.50. The molecule has 5 heteroatoms. The van der Waals surface area contributed by atoms with Gasteiger partial charge in [-0.2, -0.15) is 0 Å². The minimum atomic E-state index is 0.265. The molecule has 0 radical (unpaired) electrons. The Kier molecular flexibility index (Phi) is 3.77. The third-order valence-electron chi connectivity index (χ3n) is 2.16. The summed E-state index contributed by atoms with van der Waals surface area (Å²) in [6.07, 6.45) is 3.05. The zero-order chi connectivity index (χ0) is 12.1. The molecule has 0 N–H and O–H groups in total. The summed E-state index contributed by atoms with van der Waals surface area (Å²) in [5.74, 6) is 1.15.